The highest BCUT2D eigenvalue weighted by Gasteiger charge is 2.29. The molecule has 0 N–H and O–H groups in total. The summed E-state index contributed by atoms with van der Waals surface area (Å²) in [6.07, 6.45) is 11.4. The van der Waals surface area contributed by atoms with Crippen LogP contribution in [0.5, 0.6) is 0 Å². The lowest BCUT2D eigenvalue weighted by Crippen LogP contribution is -2.41. The predicted molar refractivity (Wildman–Crippen MR) is 119 cm³/mol. The molecular weight excluding hydrogens is 338 g/mol. The molecule has 3 aromatic rings. The van der Waals surface area contributed by atoms with Crippen molar-refractivity contribution >= 4 is 23.1 Å². The highest BCUT2D eigenvalue weighted by molar-refractivity contribution is 5.83. The molecule has 2 unspecified atom stereocenters. The van der Waals surface area contributed by atoms with Crippen molar-refractivity contribution in [2.24, 2.45) is 11.8 Å². The predicted octanol–water partition coefficient (Wildman–Crippen LogP) is 5.09. The van der Waals surface area contributed by atoms with Gasteiger partial charge in [0.05, 0.1) is 0 Å². The number of hydrogen-bond donors (Lipinski definition) is 0. The van der Waals surface area contributed by atoms with Crippen molar-refractivity contribution in [2.45, 2.75) is 6.92 Å². The number of benzene rings is 3. The Bertz CT molecular complexity index is 1170. The van der Waals surface area contributed by atoms with Crippen molar-refractivity contribution in [3.05, 3.63) is 119 Å². The Balaban J connectivity index is 1.83. The van der Waals surface area contributed by atoms with E-state index in [9.17, 15) is 0 Å². The van der Waals surface area contributed by atoms with Crippen molar-refractivity contribution in [3.8, 4) is 0 Å². The van der Waals surface area contributed by atoms with Crippen molar-refractivity contribution in [3.63, 3.8) is 0 Å². The molecule has 1 heteroatoms. The summed E-state index contributed by atoms with van der Waals surface area (Å²) in [4.78, 5) is 2.44. The lowest BCUT2D eigenvalue weighted by molar-refractivity contribution is 0.690. The standard InChI is InChI=1S/C27H23N/c1-20-15-17-24(18-16-20)28(23-11-3-2-4-12-23)27-25-13-7-5-9-21(25)19-22-10-6-8-14-26(22)27/h2-19,21,25H,1H3. The molecule has 2 atom stereocenters. The smallest absolute Gasteiger partial charge is 0.0459 e. The third-order valence-electron chi connectivity index (χ3n) is 5.65. The van der Waals surface area contributed by atoms with Crippen LogP contribution in [0, 0.1) is 18.8 Å². The minimum Gasteiger partial charge on any atom is -0.313 e. The molecule has 0 aliphatic heterocycles. The van der Waals surface area contributed by atoms with Crippen molar-refractivity contribution in [1.29, 1.82) is 0 Å². The Morgan fingerprint density at radius 3 is 2.18 bits per heavy atom. The fourth-order valence-electron chi connectivity index (χ4n) is 4.29. The summed E-state index contributed by atoms with van der Waals surface area (Å²) in [7, 11) is 0. The first-order valence-electron chi connectivity index (χ1n) is 9.89. The fraction of sp³-hybridized carbons (Fsp3) is 0.111. The van der Waals surface area contributed by atoms with Gasteiger partial charge < -0.3 is 4.90 Å². The fourth-order valence-corrected chi connectivity index (χ4v) is 4.29. The molecule has 0 aromatic heterocycles. The Hall–Kier alpha value is -3.32. The summed E-state index contributed by atoms with van der Waals surface area (Å²) in [5, 5.41) is 2.62. The molecule has 2 aliphatic carbocycles. The molecule has 5 rings (SSSR count). The molecule has 0 spiro atoms. The van der Waals surface area contributed by atoms with Gasteiger partial charge in [-0.05, 0) is 36.4 Å². The van der Waals surface area contributed by atoms with Crippen LogP contribution in [0.3, 0.4) is 0 Å². The lowest BCUT2D eigenvalue weighted by Gasteiger charge is -2.36. The second kappa shape index (κ2) is 7.01. The quantitative estimate of drug-likeness (QED) is 0.628. The third kappa shape index (κ3) is 2.90. The second-order valence-corrected chi connectivity index (χ2v) is 7.52. The van der Waals surface area contributed by atoms with Gasteiger partial charge in [0.25, 0.3) is 0 Å². The molecule has 0 heterocycles. The number of allylic oxidation sites excluding steroid dienone is 3. The van der Waals surface area contributed by atoms with Gasteiger partial charge in [-0.25, -0.2) is 0 Å². The van der Waals surface area contributed by atoms with E-state index in [1.54, 1.807) is 0 Å². The number of rotatable bonds is 3. The molecule has 3 aromatic carbocycles. The Labute approximate surface area is 166 Å². The van der Waals surface area contributed by atoms with E-state index < -0.39 is 0 Å². The number of aryl methyl sites for hydroxylation is 1. The van der Waals surface area contributed by atoms with Crippen LogP contribution in [0.25, 0.3) is 11.8 Å². The molecular formula is C27H23N. The van der Waals surface area contributed by atoms with Gasteiger partial charge in [0.1, 0.15) is 0 Å². The van der Waals surface area contributed by atoms with Gasteiger partial charge in [0.15, 0.2) is 0 Å². The van der Waals surface area contributed by atoms with Gasteiger partial charge in [-0.3, -0.25) is 0 Å². The minimum atomic E-state index is 0.321. The molecule has 0 saturated carbocycles. The summed E-state index contributed by atoms with van der Waals surface area (Å²) in [5.74, 6) is 0.702. The van der Waals surface area contributed by atoms with E-state index in [2.05, 4.69) is 121 Å². The summed E-state index contributed by atoms with van der Waals surface area (Å²) in [6, 6.07) is 28.3. The Morgan fingerprint density at radius 1 is 0.679 bits per heavy atom. The van der Waals surface area contributed by atoms with Crippen LogP contribution in [0.2, 0.25) is 0 Å². The van der Waals surface area contributed by atoms with E-state index >= 15 is 0 Å². The van der Waals surface area contributed by atoms with Crippen molar-refractivity contribution in [1.82, 2.24) is 0 Å². The number of hydrogen-bond acceptors (Lipinski definition) is 1. The number of anilines is 2. The van der Waals surface area contributed by atoms with Crippen LogP contribution < -0.4 is 15.3 Å². The summed E-state index contributed by atoms with van der Waals surface area (Å²) in [6.45, 7) is 2.14. The van der Waals surface area contributed by atoms with Gasteiger partial charge in [0.2, 0.25) is 0 Å². The van der Waals surface area contributed by atoms with E-state index in [-0.39, 0.29) is 0 Å². The van der Waals surface area contributed by atoms with Crippen molar-refractivity contribution in [2.75, 3.05) is 4.90 Å². The highest BCUT2D eigenvalue weighted by atomic mass is 15.2. The van der Waals surface area contributed by atoms with Gasteiger partial charge in [0, 0.05) is 34.1 Å². The highest BCUT2D eigenvalue weighted by Crippen LogP contribution is 2.39. The maximum Gasteiger partial charge on any atom is 0.0459 e. The summed E-state index contributed by atoms with van der Waals surface area (Å²) < 4.78 is 0. The second-order valence-electron chi connectivity index (χ2n) is 7.52. The number of para-hydroxylation sites is 1. The first kappa shape index (κ1) is 16.8. The topological polar surface area (TPSA) is 3.24 Å². The first-order chi connectivity index (χ1) is 13.8. The van der Waals surface area contributed by atoms with E-state index in [0.29, 0.717) is 11.8 Å². The van der Waals surface area contributed by atoms with Gasteiger partial charge in [-0.1, -0.05) is 90.5 Å². The zero-order valence-corrected chi connectivity index (χ0v) is 16.0. The normalized spacial score (nSPS) is 19.5. The van der Waals surface area contributed by atoms with Gasteiger partial charge >= 0.3 is 0 Å². The van der Waals surface area contributed by atoms with Crippen LogP contribution in [-0.4, -0.2) is 0 Å². The zero-order chi connectivity index (χ0) is 18.9. The van der Waals surface area contributed by atoms with E-state index in [1.165, 1.54) is 33.1 Å². The van der Waals surface area contributed by atoms with E-state index in [4.69, 9.17) is 0 Å². The van der Waals surface area contributed by atoms with Crippen LogP contribution in [0.4, 0.5) is 11.4 Å². The largest absolute Gasteiger partial charge is 0.313 e. The van der Waals surface area contributed by atoms with Gasteiger partial charge in [-0.2, -0.15) is 0 Å². The molecule has 0 radical (unpaired) electrons. The maximum atomic E-state index is 2.44. The molecule has 2 aliphatic rings. The molecule has 136 valence electrons. The molecule has 0 saturated heterocycles. The lowest BCUT2D eigenvalue weighted by atomic mass is 9.80. The maximum absolute atomic E-state index is 2.44. The van der Waals surface area contributed by atoms with Crippen LogP contribution in [-0.2, 0) is 0 Å². The van der Waals surface area contributed by atoms with Crippen LogP contribution >= 0.6 is 0 Å². The first-order valence-corrected chi connectivity index (χ1v) is 9.89. The minimum absolute atomic E-state index is 0.321. The molecule has 0 bridgehead atoms. The number of nitrogens with zero attached hydrogens (tertiary/aromatic N) is 1. The Kier molecular flexibility index (Phi) is 4.21. The van der Waals surface area contributed by atoms with E-state index in [1.807, 2.05) is 0 Å². The average Bonchev–Trinajstić information content (AvgIpc) is 2.75. The zero-order valence-electron chi connectivity index (χ0n) is 16.0. The monoisotopic (exact) mass is 361 g/mol. The van der Waals surface area contributed by atoms with Crippen LogP contribution in [0.15, 0.2) is 103 Å². The summed E-state index contributed by atoms with van der Waals surface area (Å²) in [5.41, 5.74) is 5.02. The van der Waals surface area contributed by atoms with Gasteiger partial charge in [-0.15, -0.1) is 0 Å². The van der Waals surface area contributed by atoms with E-state index in [0.717, 1.165) is 0 Å². The number of fused-ring (bicyclic) bond motifs is 2. The molecule has 28 heavy (non-hydrogen) atoms. The van der Waals surface area contributed by atoms with Crippen LogP contribution in [0.1, 0.15) is 5.56 Å². The Morgan fingerprint density at radius 2 is 1.36 bits per heavy atom. The SMILES string of the molecule is Cc1ccc(N(C2=c3ccccc3=CC3C=CC=CC23)c2ccccc2)cc1. The third-order valence-corrected chi connectivity index (χ3v) is 5.65. The summed E-state index contributed by atoms with van der Waals surface area (Å²) >= 11 is 0. The molecule has 1 nitrogen and oxygen atoms in total. The molecule has 0 fully saturated rings. The van der Waals surface area contributed by atoms with Crippen molar-refractivity contribution < 1.29 is 0 Å². The molecule has 0 amide bonds. The average molecular weight is 361 g/mol.